The molecule has 6 nitrogen and oxygen atoms in total. The predicted molar refractivity (Wildman–Crippen MR) is 98.4 cm³/mol. The van der Waals surface area contributed by atoms with Gasteiger partial charge in [0.05, 0.1) is 11.5 Å². The van der Waals surface area contributed by atoms with Crippen molar-refractivity contribution in [2.24, 2.45) is 11.3 Å². The maximum atomic E-state index is 13.4. The molecule has 4 rings (SSSR count). The first-order valence-electron chi connectivity index (χ1n) is 9.03. The molecule has 2 aliphatic rings. The van der Waals surface area contributed by atoms with E-state index in [9.17, 15) is 9.59 Å². The van der Waals surface area contributed by atoms with Crippen LogP contribution in [0, 0.1) is 11.3 Å². The molecule has 0 N–H and O–H groups in total. The molecule has 0 amide bonds. The third-order valence-electron chi connectivity index (χ3n) is 5.72. The van der Waals surface area contributed by atoms with Crippen molar-refractivity contribution in [1.82, 2.24) is 10.1 Å². The molecule has 2 aliphatic carbocycles. The molecular weight excluding hydrogens is 344 g/mol. The molecule has 0 saturated heterocycles. The van der Waals surface area contributed by atoms with Crippen LogP contribution in [0.1, 0.15) is 41.1 Å². The van der Waals surface area contributed by atoms with Crippen LogP contribution in [0.15, 0.2) is 47.0 Å². The molecule has 3 unspecified atom stereocenters. The summed E-state index contributed by atoms with van der Waals surface area (Å²) >= 11 is 0. The molecule has 0 saturated carbocycles. The average molecular weight is 366 g/mol. The van der Waals surface area contributed by atoms with Crippen LogP contribution in [0.4, 0.5) is 0 Å². The summed E-state index contributed by atoms with van der Waals surface area (Å²) in [5.74, 6) is 0.0158. The van der Waals surface area contributed by atoms with Gasteiger partial charge in [0.1, 0.15) is 12.2 Å². The van der Waals surface area contributed by atoms with E-state index >= 15 is 0 Å². The first kappa shape index (κ1) is 17.7. The van der Waals surface area contributed by atoms with Crippen molar-refractivity contribution in [3.63, 3.8) is 0 Å². The zero-order chi connectivity index (χ0) is 19.2. The number of carbonyl (C=O) groups is 2. The van der Waals surface area contributed by atoms with Crippen LogP contribution in [-0.4, -0.2) is 35.7 Å². The largest absolute Gasteiger partial charge is 0.470 e. The van der Waals surface area contributed by atoms with Gasteiger partial charge in [-0.15, -0.1) is 0 Å². The fourth-order valence-electron chi connectivity index (χ4n) is 4.20. The molecule has 27 heavy (non-hydrogen) atoms. The molecule has 1 aromatic heterocycles. The van der Waals surface area contributed by atoms with E-state index in [0.29, 0.717) is 17.7 Å². The summed E-state index contributed by atoms with van der Waals surface area (Å²) in [5, 5.41) is 4.03. The second kappa shape index (κ2) is 6.46. The fourth-order valence-corrected chi connectivity index (χ4v) is 4.20. The van der Waals surface area contributed by atoms with Gasteiger partial charge < -0.3 is 9.26 Å². The van der Waals surface area contributed by atoms with Gasteiger partial charge in [-0.25, -0.2) is 0 Å². The summed E-state index contributed by atoms with van der Waals surface area (Å²) < 4.78 is 11.4. The van der Waals surface area contributed by atoms with Gasteiger partial charge in [-0.05, 0) is 44.2 Å². The summed E-state index contributed by atoms with van der Waals surface area (Å²) in [5.41, 5.74) is 0.127. The highest BCUT2D eigenvalue weighted by Gasteiger charge is 2.58. The van der Waals surface area contributed by atoms with E-state index < -0.39 is 5.41 Å². The van der Waals surface area contributed by atoms with Gasteiger partial charge in [0.25, 0.3) is 5.88 Å². The molecular formula is C21H22N2O4. The average Bonchev–Trinajstić information content (AvgIpc) is 3.07. The lowest BCUT2D eigenvalue weighted by molar-refractivity contribution is -0.125. The summed E-state index contributed by atoms with van der Waals surface area (Å²) in [6, 6.07) is 9.41. The van der Waals surface area contributed by atoms with Crippen LogP contribution in [0.2, 0.25) is 0 Å². The van der Waals surface area contributed by atoms with Crippen LogP contribution in [0.5, 0.6) is 5.88 Å². The molecule has 3 atom stereocenters. The zero-order valence-corrected chi connectivity index (χ0v) is 15.6. The van der Waals surface area contributed by atoms with Gasteiger partial charge in [-0.2, -0.15) is 0 Å². The molecule has 0 spiro atoms. The first-order valence-corrected chi connectivity index (χ1v) is 9.03. The minimum Gasteiger partial charge on any atom is -0.470 e. The number of fused-ring (bicyclic) bond motifs is 2. The SMILES string of the molecule is CN(C)C1c2onc(OCc3ccccc3)c2C(=O)C2(C)C(=O)C=CCC12. The summed E-state index contributed by atoms with van der Waals surface area (Å²) in [4.78, 5) is 28.1. The van der Waals surface area contributed by atoms with Crippen LogP contribution in [-0.2, 0) is 11.4 Å². The predicted octanol–water partition coefficient (Wildman–Crippen LogP) is 3.20. The van der Waals surface area contributed by atoms with Gasteiger partial charge in [0.15, 0.2) is 17.3 Å². The fraction of sp³-hybridized carbons (Fsp3) is 0.381. The van der Waals surface area contributed by atoms with E-state index in [-0.39, 0.29) is 36.0 Å². The second-order valence-corrected chi connectivity index (χ2v) is 7.55. The molecule has 1 aromatic carbocycles. The number of carbonyl (C=O) groups excluding carboxylic acids is 2. The van der Waals surface area contributed by atoms with Gasteiger partial charge >= 0.3 is 0 Å². The Morgan fingerprint density at radius 2 is 2.00 bits per heavy atom. The minimum absolute atomic E-state index is 0.160. The van der Waals surface area contributed by atoms with E-state index in [1.807, 2.05) is 55.4 Å². The quantitative estimate of drug-likeness (QED) is 0.774. The van der Waals surface area contributed by atoms with Gasteiger partial charge in [-0.3, -0.25) is 14.5 Å². The number of rotatable bonds is 4. The number of aromatic nitrogens is 1. The normalized spacial score (nSPS) is 26.8. The Labute approximate surface area is 157 Å². The van der Waals surface area contributed by atoms with Crippen molar-refractivity contribution in [3.8, 4) is 5.88 Å². The number of nitrogens with zero attached hydrogens (tertiary/aromatic N) is 2. The topological polar surface area (TPSA) is 72.6 Å². The van der Waals surface area contributed by atoms with Crippen LogP contribution >= 0.6 is 0 Å². The maximum absolute atomic E-state index is 13.4. The lowest BCUT2D eigenvalue weighted by atomic mass is 9.58. The maximum Gasteiger partial charge on any atom is 0.265 e. The number of allylic oxidation sites excluding steroid dienone is 2. The molecule has 0 bridgehead atoms. The first-order chi connectivity index (χ1) is 12.9. The molecule has 0 fully saturated rings. The smallest absolute Gasteiger partial charge is 0.265 e. The highest BCUT2D eigenvalue weighted by atomic mass is 16.5. The van der Waals surface area contributed by atoms with Crippen LogP contribution < -0.4 is 4.74 Å². The molecule has 1 heterocycles. The molecule has 0 radical (unpaired) electrons. The van der Waals surface area contributed by atoms with Crippen molar-refractivity contribution in [2.45, 2.75) is 26.0 Å². The number of Topliss-reactive ketones (excluding diaryl/α,β-unsaturated/α-hetero) is 1. The van der Waals surface area contributed by atoms with Crippen molar-refractivity contribution >= 4 is 11.6 Å². The van der Waals surface area contributed by atoms with E-state index in [1.165, 1.54) is 6.08 Å². The highest BCUT2D eigenvalue weighted by Crippen LogP contribution is 2.53. The summed E-state index contributed by atoms with van der Waals surface area (Å²) in [6.45, 7) is 2.01. The molecule has 6 heteroatoms. The highest BCUT2D eigenvalue weighted by molar-refractivity contribution is 6.20. The Hall–Kier alpha value is -2.73. The number of hydrogen-bond donors (Lipinski definition) is 0. The van der Waals surface area contributed by atoms with Crippen LogP contribution in [0.3, 0.4) is 0 Å². The number of ketones is 2. The Balaban J connectivity index is 1.75. The number of hydrogen-bond acceptors (Lipinski definition) is 6. The monoisotopic (exact) mass is 366 g/mol. The zero-order valence-electron chi connectivity index (χ0n) is 15.6. The molecule has 2 aromatic rings. The third kappa shape index (κ3) is 2.63. The van der Waals surface area contributed by atoms with Gasteiger partial charge in [0, 0.05) is 5.92 Å². The lowest BCUT2D eigenvalue weighted by Gasteiger charge is -2.45. The van der Waals surface area contributed by atoms with E-state index in [2.05, 4.69) is 5.16 Å². The van der Waals surface area contributed by atoms with E-state index in [1.54, 1.807) is 6.92 Å². The van der Waals surface area contributed by atoms with E-state index in [4.69, 9.17) is 9.26 Å². The standard InChI is InChI=1S/C21H22N2O4/c1-21-14(10-7-11-15(21)24)17(23(2)3)18-16(19(21)25)20(22-27-18)26-12-13-8-5-4-6-9-13/h4-9,11,14,17H,10,12H2,1-3H3. The molecule has 140 valence electrons. The lowest BCUT2D eigenvalue weighted by Crippen LogP contribution is -2.52. The Morgan fingerprint density at radius 1 is 1.26 bits per heavy atom. The molecule has 0 aliphatic heterocycles. The Morgan fingerprint density at radius 3 is 2.70 bits per heavy atom. The van der Waals surface area contributed by atoms with Gasteiger partial charge in [-0.1, -0.05) is 36.4 Å². The Kier molecular flexibility index (Phi) is 4.23. The van der Waals surface area contributed by atoms with Gasteiger partial charge in [0.2, 0.25) is 0 Å². The number of ether oxygens (including phenoxy) is 1. The van der Waals surface area contributed by atoms with Crippen molar-refractivity contribution < 1.29 is 18.8 Å². The summed E-state index contributed by atoms with van der Waals surface area (Å²) in [6.07, 6.45) is 3.99. The van der Waals surface area contributed by atoms with Crippen molar-refractivity contribution in [1.29, 1.82) is 0 Å². The minimum atomic E-state index is -1.13. The Bertz CT molecular complexity index is 916. The second-order valence-electron chi connectivity index (χ2n) is 7.55. The number of benzene rings is 1. The third-order valence-corrected chi connectivity index (χ3v) is 5.72. The summed E-state index contributed by atoms with van der Waals surface area (Å²) in [7, 11) is 3.83. The van der Waals surface area contributed by atoms with Crippen molar-refractivity contribution in [2.75, 3.05) is 14.1 Å². The van der Waals surface area contributed by atoms with E-state index in [0.717, 1.165) is 5.56 Å². The van der Waals surface area contributed by atoms with Crippen LogP contribution in [0.25, 0.3) is 0 Å². The van der Waals surface area contributed by atoms with Crippen molar-refractivity contribution in [3.05, 3.63) is 59.4 Å².